The topological polar surface area (TPSA) is 49.6 Å². The number of aromatic nitrogens is 1. The summed E-state index contributed by atoms with van der Waals surface area (Å²) in [5.74, 6) is 1.36. The maximum Gasteiger partial charge on any atom is 0.263 e. The predicted molar refractivity (Wildman–Crippen MR) is 117 cm³/mol. The van der Waals surface area contributed by atoms with Crippen LogP contribution in [0.1, 0.15) is 46.9 Å². The summed E-state index contributed by atoms with van der Waals surface area (Å²) >= 11 is 1.58. The number of anilines is 1. The normalized spacial score (nSPS) is 11.5. The van der Waals surface area contributed by atoms with Gasteiger partial charge in [-0.05, 0) is 64.0 Å². The number of fused-ring (bicyclic) bond motifs is 1. The molecule has 0 N–H and O–H groups in total. The second-order valence-electron chi connectivity index (χ2n) is 7.16. The number of likely N-dealkylation sites (N-methyl/N-ethyl adjacent to an activating group) is 1. The Morgan fingerprint density at radius 3 is 2.43 bits per heavy atom. The van der Waals surface area contributed by atoms with Crippen LogP contribution in [0.25, 0.3) is 10.2 Å². The highest BCUT2D eigenvalue weighted by Crippen LogP contribution is 2.33. The van der Waals surface area contributed by atoms with Crippen LogP contribution in [0.15, 0.2) is 22.6 Å². The van der Waals surface area contributed by atoms with Crippen LogP contribution < -0.4 is 4.90 Å². The van der Waals surface area contributed by atoms with Crippen molar-refractivity contribution in [3.8, 4) is 0 Å². The van der Waals surface area contributed by atoms with Crippen molar-refractivity contribution in [2.24, 2.45) is 0 Å². The highest BCUT2D eigenvalue weighted by molar-refractivity contribution is 7.22. The molecular formula is C22H29N3O2S. The highest BCUT2D eigenvalue weighted by Gasteiger charge is 2.25. The van der Waals surface area contributed by atoms with E-state index >= 15 is 0 Å². The molecule has 0 saturated heterocycles. The smallest absolute Gasteiger partial charge is 0.263 e. The van der Waals surface area contributed by atoms with Crippen LogP contribution in [-0.2, 0) is 0 Å². The summed E-state index contributed by atoms with van der Waals surface area (Å²) in [6, 6.07) is 6.04. The number of carbonyl (C=O) groups excluding carboxylic acids is 1. The molecule has 2 aromatic heterocycles. The summed E-state index contributed by atoms with van der Waals surface area (Å²) in [6.45, 7) is 15.5. The molecule has 1 amide bonds. The van der Waals surface area contributed by atoms with Crippen LogP contribution in [0, 0.1) is 27.7 Å². The maximum atomic E-state index is 13.4. The van der Waals surface area contributed by atoms with Gasteiger partial charge in [0.15, 0.2) is 5.13 Å². The van der Waals surface area contributed by atoms with Gasteiger partial charge in [0.2, 0.25) is 0 Å². The Kier molecular flexibility index (Phi) is 6.20. The van der Waals surface area contributed by atoms with Crippen molar-refractivity contribution in [1.82, 2.24) is 9.88 Å². The molecule has 0 aliphatic rings. The van der Waals surface area contributed by atoms with Crippen molar-refractivity contribution >= 4 is 32.6 Å². The molecule has 0 spiro atoms. The Morgan fingerprint density at radius 2 is 1.82 bits per heavy atom. The van der Waals surface area contributed by atoms with Crippen molar-refractivity contribution in [2.45, 2.75) is 41.5 Å². The number of amides is 1. The first-order valence-corrected chi connectivity index (χ1v) is 10.6. The fraction of sp³-hybridized carbons (Fsp3) is 0.455. The lowest BCUT2D eigenvalue weighted by molar-refractivity contribution is 0.0982. The second kappa shape index (κ2) is 8.45. The number of benzene rings is 1. The first-order chi connectivity index (χ1) is 13.3. The van der Waals surface area contributed by atoms with Gasteiger partial charge in [0.25, 0.3) is 5.91 Å². The zero-order chi connectivity index (χ0) is 20.4. The van der Waals surface area contributed by atoms with E-state index in [1.54, 1.807) is 11.3 Å². The van der Waals surface area contributed by atoms with Crippen LogP contribution in [0.2, 0.25) is 0 Å². The molecule has 2 heterocycles. The number of thiazole rings is 1. The third-order valence-corrected chi connectivity index (χ3v) is 6.40. The predicted octanol–water partition coefficient (Wildman–Crippen LogP) is 5.11. The standard InChI is InChI=1S/C22H29N3O2S/c1-7-24(8-2)11-12-25(21(26)18-13-15(4)27-17(18)6)22-23-20-16(5)14(3)9-10-19(20)28-22/h9-10,13H,7-8,11-12H2,1-6H3. The fourth-order valence-corrected chi connectivity index (χ4v) is 4.43. The van der Waals surface area contributed by atoms with Crippen LogP contribution in [0.4, 0.5) is 5.13 Å². The van der Waals surface area contributed by atoms with Gasteiger partial charge in [-0.3, -0.25) is 9.69 Å². The minimum atomic E-state index is -0.0464. The number of furan rings is 1. The molecule has 6 heteroatoms. The first-order valence-electron chi connectivity index (χ1n) is 9.83. The molecule has 0 radical (unpaired) electrons. The Labute approximate surface area is 171 Å². The third kappa shape index (κ3) is 3.98. The zero-order valence-corrected chi connectivity index (χ0v) is 18.4. The van der Waals surface area contributed by atoms with E-state index in [0.29, 0.717) is 17.9 Å². The van der Waals surface area contributed by atoms with E-state index < -0.39 is 0 Å². The summed E-state index contributed by atoms with van der Waals surface area (Å²) < 4.78 is 6.72. The van der Waals surface area contributed by atoms with Gasteiger partial charge in [0, 0.05) is 13.1 Å². The average molecular weight is 400 g/mol. The SMILES string of the molecule is CCN(CC)CCN(C(=O)c1cc(C)oc1C)c1nc2c(C)c(C)ccc2s1. The zero-order valence-electron chi connectivity index (χ0n) is 17.6. The van der Waals surface area contributed by atoms with Gasteiger partial charge in [-0.1, -0.05) is 31.3 Å². The number of carbonyl (C=O) groups is 1. The molecule has 0 aliphatic heterocycles. The summed E-state index contributed by atoms with van der Waals surface area (Å²) in [5.41, 5.74) is 3.99. The second-order valence-corrected chi connectivity index (χ2v) is 8.17. The number of hydrogen-bond donors (Lipinski definition) is 0. The molecular weight excluding hydrogens is 370 g/mol. The van der Waals surface area contributed by atoms with Gasteiger partial charge < -0.3 is 9.32 Å². The molecule has 1 aromatic carbocycles. The molecule has 0 saturated carbocycles. The van der Waals surface area contributed by atoms with E-state index in [9.17, 15) is 4.79 Å². The lowest BCUT2D eigenvalue weighted by Crippen LogP contribution is -2.39. The van der Waals surface area contributed by atoms with Crippen LogP contribution in [0.5, 0.6) is 0 Å². The molecule has 5 nitrogen and oxygen atoms in total. The molecule has 150 valence electrons. The minimum absolute atomic E-state index is 0.0464. The Hall–Kier alpha value is -2.18. The number of hydrogen-bond acceptors (Lipinski definition) is 5. The van der Waals surface area contributed by atoms with E-state index in [4.69, 9.17) is 9.40 Å². The van der Waals surface area contributed by atoms with E-state index in [2.05, 4.69) is 44.7 Å². The van der Waals surface area contributed by atoms with Gasteiger partial charge in [0.1, 0.15) is 11.5 Å². The molecule has 0 unspecified atom stereocenters. The summed E-state index contributed by atoms with van der Waals surface area (Å²) in [6.07, 6.45) is 0. The van der Waals surface area contributed by atoms with Crippen molar-refractivity contribution < 1.29 is 9.21 Å². The molecule has 0 aliphatic carbocycles. The first kappa shape index (κ1) is 20.6. The van der Waals surface area contributed by atoms with Crippen LogP contribution in [0.3, 0.4) is 0 Å². The van der Waals surface area contributed by atoms with Gasteiger partial charge in [0.05, 0.1) is 15.8 Å². The maximum absolute atomic E-state index is 13.4. The molecule has 0 fully saturated rings. The summed E-state index contributed by atoms with van der Waals surface area (Å²) in [5, 5.41) is 0.749. The lowest BCUT2D eigenvalue weighted by atomic mass is 10.1. The number of rotatable bonds is 7. The highest BCUT2D eigenvalue weighted by atomic mass is 32.1. The summed E-state index contributed by atoms with van der Waals surface area (Å²) in [7, 11) is 0. The van der Waals surface area contributed by atoms with Gasteiger partial charge in [-0.25, -0.2) is 4.98 Å². The van der Waals surface area contributed by atoms with E-state index in [0.717, 1.165) is 40.7 Å². The number of nitrogens with zero attached hydrogens (tertiary/aromatic N) is 3. The van der Waals surface area contributed by atoms with Crippen molar-refractivity contribution in [2.75, 3.05) is 31.1 Å². The monoisotopic (exact) mass is 399 g/mol. The lowest BCUT2D eigenvalue weighted by Gasteiger charge is -2.24. The van der Waals surface area contributed by atoms with E-state index in [1.807, 2.05) is 24.8 Å². The number of aryl methyl sites for hydroxylation is 4. The third-order valence-electron chi connectivity index (χ3n) is 5.36. The van der Waals surface area contributed by atoms with E-state index in [-0.39, 0.29) is 5.91 Å². The van der Waals surface area contributed by atoms with Crippen molar-refractivity contribution in [1.29, 1.82) is 0 Å². The van der Waals surface area contributed by atoms with Gasteiger partial charge in [-0.15, -0.1) is 0 Å². The summed E-state index contributed by atoms with van der Waals surface area (Å²) in [4.78, 5) is 22.4. The molecule has 3 aromatic rings. The Morgan fingerprint density at radius 1 is 1.11 bits per heavy atom. The Bertz CT molecular complexity index is 985. The Balaban J connectivity index is 2.01. The van der Waals surface area contributed by atoms with Gasteiger partial charge in [-0.2, -0.15) is 0 Å². The van der Waals surface area contributed by atoms with Crippen LogP contribution in [-0.4, -0.2) is 42.0 Å². The molecule has 0 atom stereocenters. The van der Waals surface area contributed by atoms with Gasteiger partial charge >= 0.3 is 0 Å². The van der Waals surface area contributed by atoms with E-state index in [1.165, 1.54) is 11.1 Å². The fourth-order valence-electron chi connectivity index (χ4n) is 3.38. The largest absolute Gasteiger partial charge is 0.466 e. The van der Waals surface area contributed by atoms with Crippen molar-refractivity contribution in [3.63, 3.8) is 0 Å². The molecule has 0 bridgehead atoms. The minimum Gasteiger partial charge on any atom is -0.466 e. The molecule has 28 heavy (non-hydrogen) atoms. The average Bonchev–Trinajstić information content (AvgIpc) is 3.24. The molecule has 3 rings (SSSR count). The van der Waals surface area contributed by atoms with Crippen LogP contribution >= 0.6 is 11.3 Å². The van der Waals surface area contributed by atoms with Crippen molar-refractivity contribution in [3.05, 3.63) is 46.4 Å². The quantitative estimate of drug-likeness (QED) is 0.554.